The van der Waals surface area contributed by atoms with E-state index in [9.17, 15) is 0 Å². The van der Waals surface area contributed by atoms with Gasteiger partial charge in [-0.15, -0.1) is 0 Å². The minimum atomic E-state index is -1.03. The predicted octanol–water partition coefficient (Wildman–Crippen LogP) is 9.29. The molecule has 0 amide bonds. The maximum Gasteiger partial charge on any atom is 0.494 e. The van der Waals surface area contributed by atoms with Crippen molar-refractivity contribution >= 4 is 34.1 Å². The lowest BCUT2D eigenvalue weighted by Crippen LogP contribution is -2.41. The van der Waals surface area contributed by atoms with Crippen LogP contribution in [0.15, 0.2) is 127 Å². The summed E-state index contributed by atoms with van der Waals surface area (Å²) in [5.74, 6) is 0. The van der Waals surface area contributed by atoms with Gasteiger partial charge in [-0.25, -0.2) is 0 Å². The van der Waals surface area contributed by atoms with Crippen molar-refractivity contribution in [2.24, 2.45) is 0 Å². The Morgan fingerprint density at radius 1 is 0.561 bits per heavy atom. The molecule has 0 bridgehead atoms. The summed E-state index contributed by atoms with van der Waals surface area (Å²) in [5, 5.41) is 3.49. The predicted molar refractivity (Wildman–Crippen MR) is 173 cm³/mol. The van der Waals surface area contributed by atoms with Crippen LogP contribution in [-0.4, -0.2) is 18.3 Å². The summed E-state index contributed by atoms with van der Waals surface area (Å²) in [4.78, 5) is 0. The van der Waals surface area contributed by atoms with Crippen LogP contribution >= 0.6 is 0 Å². The summed E-state index contributed by atoms with van der Waals surface area (Å²) in [6, 6.07) is 20.3. The van der Waals surface area contributed by atoms with Gasteiger partial charge in [-0.3, -0.25) is 0 Å². The molecule has 0 aliphatic carbocycles. The topological polar surface area (TPSA) is 18.5 Å². The molecule has 0 N–H and O–H groups in total. The summed E-state index contributed by atoms with van der Waals surface area (Å²) in [6.45, 7) is 7.53. The lowest BCUT2D eigenvalue weighted by Gasteiger charge is -2.32. The molecule has 1 heterocycles. The van der Waals surface area contributed by atoms with Gasteiger partial charge in [0.1, 0.15) is 0 Å². The fourth-order valence-electron chi connectivity index (χ4n) is 5.24. The lowest BCUT2D eigenvalue weighted by atomic mass is 9.78. The third-order valence-electron chi connectivity index (χ3n) is 8.22. The molecule has 0 atom stereocenters. The molecular weight excluding hydrogens is 499 g/mol. The number of fused-ring (bicyclic) bond motifs is 2. The highest BCUT2D eigenvalue weighted by atomic mass is 16.7. The first-order chi connectivity index (χ1) is 23.5. The minimum Gasteiger partial charge on any atom is -0.399 e. The van der Waals surface area contributed by atoms with Crippen LogP contribution in [0.2, 0.25) is 0 Å². The highest BCUT2D eigenvalue weighted by Gasteiger charge is 2.51. The first-order valence-electron chi connectivity index (χ1n) is 18.1. The third kappa shape index (κ3) is 4.66. The smallest absolute Gasteiger partial charge is 0.399 e. The number of benzene rings is 6. The zero-order chi connectivity index (χ0) is 36.0. The summed E-state index contributed by atoms with van der Waals surface area (Å²) < 4.78 is 89.1. The molecule has 0 unspecified atom stereocenters. The highest BCUT2D eigenvalue weighted by molar-refractivity contribution is 6.62. The average Bonchev–Trinajstić information content (AvgIpc) is 3.30. The van der Waals surface area contributed by atoms with E-state index in [1.807, 2.05) is 94.4 Å². The molecular formula is C38H33BO2. The van der Waals surface area contributed by atoms with E-state index in [0.29, 0.717) is 11.1 Å². The number of rotatable bonds is 4. The maximum atomic E-state index is 9.13. The molecule has 0 saturated carbocycles. The van der Waals surface area contributed by atoms with Crippen molar-refractivity contribution in [3.8, 4) is 33.4 Å². The van der Waals surface area contributed by atoms with E-state index in [2.05, 4.69) is 0 Å². The highest BCUT2D eigenvalue weighted by Crippen LogP contribution is 2.38. The molecule has 3 heteroatoms. The van der Waals surface area contributed by atoms with Crippen molar-refractivity contribution in [1.82, 2.24) is 0 Å². The van der Waals surface area contributed by atoms with E-state index in [-0.39, 0.29) is 64.9 Å². The average molecular weight is 542 g/mol. The SMILES string of the molecule is [2H]c1c([2H])c([2H])c(-c2cc(-c3ccc4cc(-c5c([2H])c([2H])c([2H])c(B6OC(C)(C)C(C)(C)O6)c5[2H])ccc4c3)c3ccccc3c2)c([2H])c1[2H]. The number of hydrogen-bond donors (Lipinski definition) is 0. The molecule has 1 aliphatic heterocycles. The molecule has 1 aliphatic rings. The summed E-state index contributed by atoms with van der Waals surface area (Å²) >= 11 is 0. The van der Waals surface area contributed by atoms with Crippen molar-refractivity contribution in [2.75, 3.05) is 0 Å². The van der Waals surface area contributed by atoms with Crippen molar-refractivity contribution in [2.45, 2.75) is 38.9 Å². The molecule has 0 aromatic heterocycles. The second-order valence-electron chi connectivity index (χ2n) is 11.4. The van der Waals surface area contributed by atoms with Gasteiger partial charge in [0.15, 0.2) is 0 Å². The Balaban J connectivity index is 1.35. The van der Waals surface area contributed by atoms with Gasteiger partial charge < -0.3 is 9.31 Å². The second kappa shape index (κ2) is 9.73. The van der Waals surface area contributed by atoms with Gasteiger partial charge in [-0.1, -0.05) is 103 Å². The molecule has 0 radical (unpaired) electrons. The zero-order valence-corrected chi connectivity index (χ0v) is 23.3. The Kier molecular flexibility index (Phi) is 4.18. The second-order valence-corrected chi connectivity index (χ2v) is 11.4. The molecule has 41 heavy (non-hydrogen) atoms. The minimum absolute atomic E-state index is 0.0820. The van der Waals surface area contributed by atoms with Gasteiger partial charge in [0.05, 0.1) is 23.5 Å². The standard InChI is InChI=1S/C38H33BO2/c1-37(2)38(3,4)41-39(40-37)34-15-10-14-27(24-34)28-17-18-30-22-32(20-19-29(30)21-28)36-25-33(26-11-6-5-7-12-26)23-31-13-8-9-16-35(31)36/h5-25H,1-4H3/i5D,6D,7D,10D,11D,12D,14D,15D,24D. The van der Waals surface area contributed by atoms with Crippen molar-refractivity contribution in [3.05, 3.63) is 127 Å². The van der Waals surface area contributed by atoms with E-state index >= 15 is 0 Å². The van der Waals surface area contributed by atoms with Crippen LogP contribution in [0.3, 0.4) is 0 Å². The van der Waals surface area contributed by atoms with Crippen LogP contribution in [0.5, 0.6) is 0 Å². The molecule has 0 spiro atoms. The molecule has 6 aromatic rings. The third-order valence-corrected chi connectivity index (χ3v) is 8.22. The maximum absolute atomic E-state index is 9.13. The Hall–Kier alpha value is -4.18. The summed E-state index contributed by atoms with van der Waals surface area (Å²) in [7, 11) is -1.03. The lowest BCUT2D eigenvalue weighted by molar-refractivity contribution is 0.00578. The van der Waals surface area contributed by atoms with E-state index in [0.717, 1.165) is 32.7 Å². The van der Waals surface area contributed by atoms with Gasteiger partial charge in [0.2, 0.25) is 0 Å². The van der Waals surface area contributed by atoms with Crippen LogP contribution in [0.25, 0.3) is 54.9 Å². The van der Waals surface area contributed by atoms with Crippen molar-refractivity contribution < 1.29 is 21.6 Å². The Morgan fingerprint density at radius 3 is 1.95 bits per heavy atom. The van der Waals surface area contributed by atoms with Crippen LogP contribution < -0.4 is 5.46 Å². The van der Waals surface area contributed by atoms with Crippen molar-refractivity contribution in [3.63, 3.8) is 0 Å². The van der Waals surface area contributed by atoms with Crippen LogP contribution in [-0.2, 0) is 9.31 Å². The Bertz CT molecular complexity index is 2360. The first kappa shape index (κ1) is 17.6. The van der Waals surface area contributed by atoms with Gasteiger partial charge in [-0.05, 0) is 112 Å². The van der Waals surface area contributed by atoms with Gasteiger partial charge in [0, 0.05) is 0 Å². The summed E-state index contributed by atoms with van der Waals surface area (Å²) in [6.07, 6.45) is 0. The zero-order valence-electron chi connectivity index (χ0n) is 32.3. The van der Waals surface area contributed by atoms with E-state index in [4.69, 9.17) is 21.6 Å². The monoisotopic (exact) mass is 541 g/mol. The summed E-state index contributed by atoms with van der Waals surface area (Å²) in [5.41, 5.74) is 1.82. The van der Waals surface area contributed by atoms with Gasteiger partial charge in [-0.2, -0.15) is 0 Å². The molecule has 1 fully saturated rings. The fourth-order valence-corrected chi connectivity index (χ4v) is 5.24. The normalized spacial score (nSPS) is 19.0. The Morgan fingerprint density at radius 2 is 1.20 bits per heavy atom. The van der Waals surface area contributed by atoms with Crippen LogP contribution in [0, 0.1) is 0 Å². The van der Waals surface area contributed by atoms with Gasteiger partial charge >= 0.3 is 7.12 Å². The van der Waals surface area contributed by atoms with Gasteiger partial charge in [0.25, 0.3) is 0 Å². The van der Waals surface area contributed by atoms with E-state index in [1.165, 1.54) is 0 Å². The largest absolute Gasteiger partial charge is 0.494 e. The molecule has 6 aromatic carbocycles. The van der Waals surface area contributed by atoms with Crippen molar-refractivity contribution in [1.29, 1.82) is 0 Å². The molecule has 7 rings (SSSR count). The fraction of sp³-hybridized carbons (Fsp3) is 0.158. The molecule has 200 valence electrons. The number of hydrogen-bond acceptors (Lipinski definition) is 2. The first-order valence-corrected chi connectivity index (χ1v) is 13.6. The van der Waals surface area contributed by atoms with Crippen LogP contribution in [0.4, 0.5) is 0 Å². The van der Waals surface area contributed by atoms with E-state index < -0.39 is 24.4 Å². The molecule has 2 nitrogen and oxygen atoms in total. The Labute approximate surface area is 255 Å². The molecule has 1 saturated heterocycles. The van der Waals surface area contributed by atoms with Crippen LogP contribution in [0.1, 0.15) is 40.0 Å². The quantitative estimate of drug-likeness (QED) is 0.207. The van der Waals surface area contributed by atoms with E-state index in [1.54, 1.807) is 6.07 Å².